The molecular weight excluding hydrogens is 478 g/mol. The highest BCUT2D eigenvalue weighted by atomic mass is 35.5. The Morgan fingerprint density at radius 3 is 2.61 bits per heavy atom. The van der Waals surface area contributed by atoms with Crippen LogP contribution in [0.15, 0.2) is 36.5 Å². The Bertz CT molecular complexity index is 1050. The lowest BCUT2D eigenvalue weighted by molar-refractivity contribution is -0.0421. The van der Waals surface area contributed by atoms with Gasteiger partial charge >= 0.3 is 6.09 Å². The summed E-state index contributed by atoms with van der Waals surface area (Å²) in [6, 6.07) is 9.06. The molecule has 2 aliphatic rings. The summed E-state index contributed by atoms with van der Waals surface area (Å²) in [7, 11) is 1.32. The Morgan fingerprint density at radius 2 is 2.00 bits per heavy atom. The minimum absolute atomic E-state index is 0.00502. The number of hydrogen-bond donors (Lipinski definition) is 3. The molecular formula is C28H38ClN3O4. The molecule has 0 bridgehead atoms. The third-order valence-corrected chi connectivity index (χ3v) is 7.35. The van der Waals surface area contributed by atoms with Crippen LogP contribution in [0.1, 0.15) is 69.2 Å². The maximum atomic E-state index is 12.0. The monoisotopic (exact) mass is 515 g/mol. The molecule has 3 atom stereocenters. The van der Waals surface area contributed by atoms with Gasteiger partial charge in [-0.2, -0.15) is 0 Å². The van der Waals surface area contributed by atoms with Gasteiger partial charge in [-0.15, -0.1) is 0 Å². The zero-order valence-electron chi connectivity index (χ0n) is 21.6. The summed E-state index contributed by atoms with van der Waals surface area (Å²) >= 11 is 6.02. The van der Waals surface area contributed by atoms with Gasteiger partial charge in [0.25, 0.3) is 0 Å². The van der Waals surface area contributed by atoms with E-state index in [1.54, 1.807) is 12.1 Å². The first-order valence-electron chi connectivity index (χ1n) is 12.7. The number of aliphatic hydroxyl groups is 1. The van der Waals surface area contributed by atoms with Crippen LogP contribution in [0.25, 0.3) is 0 Å². The molecule has 2 heterocycles. The molecule has 1 aliphatic heterocycles. The number of alkyl carbamates (subject to hydrolysis) is 1. The van der Waals surface area contributed by atoms with Crippen LogP contribution >= 0.6 is 11.6 Å². The number of rotatable bonds is 8. The standard InChI is InChI=1S/C28H38ClN3O4/c1-27(2,3)14-19-12-21-23(15-28(10-5-11-28)36-25(21)31-16-19)30-17-24(33)22(32-26(34)35-4)13-18-6-8-20(29)9-7-18/h6-9,12,16,22-24,30,33H,5,10-11,13-15,17H2,1-4H3,(H,32,34)/t22-,23-,24+/m0/s1. The van der Waals surface area contributed by atoms with Gasteiger partial charge in [-0.3, -0.25) is 0 Å². The summed E-state index contributed by atoms with van der Waals surface area (Å²) in [6.45, 7) is 6.94. The lowest BCUT2D eigenvalue weighted by Crippen LogP contribution is -2.52. The molecule has 1 amide bonds. The highest BCUT2D eigenvalue weighted by Gasteiger charge is 2.46. The Kier molecular flexibility index (Phi) is 8.12. The number of fused-ring (bicyclic) bond motifs is 1. The molecule has 1 spiro atoms. The first-order valence-corrected chi connectivity index (χ1v) is 13.1. The summed E-state index contributed by atoms with van der Waals surface area (Å²) in [6.07, 6.45) is 5.89. The van der Waals surface area contributed by atoms with E-state index in [0.29, 0.717) is 23.9 Å². The summed E-state index contributed by atoms with van der Waals surface area (Å²) in [4.78, 5) is 16.7. The summed E-state index contributed by atoms with van der Waals surface area (Å²) < 4.78 is 11.2. The minimum Gasteiger partial charge on any atom is -0.471 e. The molecule has 1 aromatic heterocycles. The smallest absolute Gasteiger partial charge is 0.407 e. The number of aromatic nitrogens is 1. The van der Waals surface area contributed by atoms with Gasteiger partial charge < -0.3 is 25.2 Å². The molecule has 0 unspecified atom stereocenters. The molecule has 3 N–H and O–H groups in total. The first kappa shape index (κ1) is 26.7. The average molecular weight is 516 g/mol. The third-order valence-electron chi connectivity index (χ3n) is 7.09. The number of hydrogen-bond acceptors (Lipinski definition) is 6. The maximum absolute atomic E-state index is 12.0. The first-order chi connectivity index (χ1) is 17.1. The van der Waals surface area contributed by atoms with Gasteiger partial charge in [0.2, 0.25) is 5.88 Å². The van der Waals surface area contributed by atoms with E-state index in [9.17, 15) is 9.90 Å². The largest absolute Gasteiger partial charge is 0.471 e. The number of aliphatic hydroxyl groups excluding tert-OH is 1. The van der Waals surface area contributed by atoms with Crippen molar-refractivity contribution in [2.75, 3.05) is 13.7 Å². The van der Waals surface area contributed by atoms with Crippen molar-refractivity contribution in [1.29, 1.82) is 0 Å². The second-order valence-electron chi connectivity index (χ2n) is 11.4. The van der Waals surface area contributed by atoms with Gasteiger partial charge in [0.05, 0.1) is 19.3 Å². The molecule has 4 rings (SSSR count). The number of carbonyl (C=O) groups is 1. The van der Waals surface area contributed by atoms with Crippen molar-refractivity contribution in [2.24, 2.45) is 5.41 Å². The predicted octanol–water partition coefficient (Wildman–Crippen LogP) is 4.99. The molecule has 2 aromatic rings. The molecule has 0 saturated heterocycles. The fourth-order valence-electron chi connectivity index (χ4n) is 5.12. The second-order valence-corrected chi connectivity index (χ2v) is 11.9. The number of carbonyl (C=O) groups excluding carboxylic acids is 1. The van der Waals surface area contributed by atoms with E-state index < -0.39 is 18.2 Å². The van der Waals surface area contributed by atoms with Crippen LogP contribution in [0.5, 0.6) is 5.88 Å². The van der Waals surface area contributed by atoms with E-state index in [1.807, 2.05) is 18.3 Å². The molecule has 0 radical (unpaired) electrons. The Morgan fingerprint density at radius 1 is 1.28 bits per heavy atom. The van der Waals surface area contributed by atoms with Gasteiger partial charge in [-0.25, -0.2) is 9.78 Å². The van der Waals surface area contributed by atoms with E-state index in [4.69, 9.17) is 26.1 Å². The van der Waals surface area contributed by atoms with Crippen LogP contribution in [-0.2, 0) is 17.6 Å². The van der Waals surface area contributed by atoms with Crippen LogP contribution in [0, 0.1) is 5.41 Å². The molecule has 8 heteroatoms. The van der Waals surface area contributed by atoms with Crippen molar-refractivity contribution in [3.63, 3.8) is 0 Å². The van der Waals surface area contributed by atoms with Gasteiger partial charge in [0, 0.05) is 35.8 Å². The molecule has 196 valence electrons. The SMILES string of the molecule is COC(=O)N[C@@H](Cc1ccc(Cl)cc1)[C@H](O)CN[C@H]1CC2(CCC2)Oc2ncc(CC(C)(C)C)cc21. The van der Waals surface area contributed by atoms with Crippen molar-refractivity contribution in [2.45, 2.75) is 83.1 Å². The fraction of sp³-hybridized carbons (Fsp3) is 0.571. The summed E-state index contributed by atoms with van der Waals surface area (Å²) in [5.74, 6) is 0.691. The zero-order chi connectivity index (χ0) is 25.9. The number of ether oxygens (including phenoxy) is 2. The Labute approximate surface area is 218 Å². The van der Waals surface area contributed by atoms with Crippen LogP contribution in [0.3, 0.4) is 0 Å². The van der Waals surface area contributed by atoms with Crippen LogP contribution in [-0.4, -0.2) is 47.6 Å². The number of nitrogens with one attached hydrogen (secondary N) is 2. The molecule has 36 heavy (non-hydrogen) atoms. The summed E-state index contributed by atoms with van der Waals surface area (Å²) in [5, 5.41) is 18.2. The van der Waals surface area contributed by atoms with E-state index in [-0.39, 0.29) is 17.1 Å². The molecule has 7 nitrogen and oxygen atoms in total. The lowest BCUT2D eigenvalue weighted by Gasteiger charge is -2.47. The number of halogens is 1. The average Bonchev–Trinajstić information content (AvgIpc) is 2.81. The van der Waals surface area contributed by atoms with Crippen molar-refractivity contribution in [3.05, 3.63) is 58.2 Å². The van der Waals surface area contributed by atoms with Crippen LogP contribution in [0.2, 0.25) is 5.02 Å². The zero-order valence-corrected chi connectivity index (χ0v) is 22.4. The van der Waals surface area contributed by atoms with Crippen LogP contribution < -0.4 is 15.4 Å². The highest BCUT2D eigenvalue weighted by molar-refractivity contribution is 6.30. The molecule has 1 saturated carbocycles. The molecule has 1 aromatic carbocycles. The van der Waals surface area contributed by atoms with E-state index in [2.05, 4.69) is 37.5 Å². The fourth-order valence-corrected chi connectivity index (χ4v) is 5.25. The van der Waals surface area contributed by atoms with Gasteiger partial charge in [0.15, 0.2) is 0 Å². The highest BCUT2D eigenvalue weighted by Crippen LogP contribution is 2.48. The maximum Gasteiger partial charge on any atom is 0.407 e. The second kappa shape index (κ2) is 11.0. The van der Waals surface area contributed by atoms with Crippen molar-refractivity contribution in [3.8, 4) is 5.88 Å². The van der Waals surface area contributed by atoms with Gasteiger partial charge in [0.1, 0.15) is 5.60 Å². The van der Waals surface area contributed by atoms with Crippen molar-refractivity contribution < 1.29 is 19.4 Å². The number of pyridine rings is 1. The number of amides is 1. The molecule has 1 fully saturated rings. The minimum atomic E-state index is -0.839. The number of nitrogens with zero attached hydrogens (tertiary/aromatic N) is 1. The van der Waals surface area contributed by atoms with E-state index in [1.165, 1.54) is 12.7 Å². The van der Waals surface area contributed by atoms with E-state index >= 15 is 0 Å². The predicted molar refractivity (Wildman–Crippen MR) is 140 cm³/mol. The number of methoxy groups -OCH3 is 1. The third kappa shape index (κ3) is 6.69. The normalized spacial score (nSPS) is 20.0. The van der Waals surface area contributed by atoms with Gasteiger partial charge in [-0.05, 0) is 66.8 Å². The van der Waals surface area contributed by atoms with E-state index in [0.717, 1.165) is 43.2 Å². The lowest BCUT2D eigenvalue weighted by atomic mass is 9.73. The number of benzene rings is 1. The van der Waals surface area contributed by atoms with Crippen molar-refractivity contribution >= 4 is 17.7 Å². The molecule has 1 aliphatic carbocycles. The quantitative estimate of drug-likeness (QED) is 0.459. The van der Waals surface area contributed by atoms with Gasteiger partial charge in [-0.1, -0.05) is 44.5 Å². The topological polar surface area (TPSA) is 92.7 Å². The van der Waals surface area contributed by atoms with Crippen LogP contribution in [0.4, 0.5) is 4.79 Å². The summed E-state index contributed by atoms with van der Waals surface area (Å²) in [5.41, 5.74) is 3.14. The Hall–Kier alpha value is -2.35. The Balaban J connectivity index is 1.50. The van der Waals surface area contributed by atoms with Crippen molar-refractivity contribution in [1.82, 2.24) is 15.6 Å².